The zero-order valence-electron chi connectivity index (χ0n) is 14.2. The van der Waals surface area contributed by atoms with E-state index >= 15 is 0 Å². The highest BCUT2D eigenvalue weighted by Crippen LogP contribution is 2.30. The van der Waals surface area contributed by atoms with Crippen LogP contribution in [0, 0.1) is 6.92 Å². The molecule has 1 saturated carbocycles. The lowest BCUT2D eigenvalue weighted by atomic mass is 9.89. The number of benzene rings is 1. The Kier molecular flexibility index (Phi) is 5.63. The first-order valence-corrected chi connectivity index (χ1v) is 9.51. The summed E-state index contributed by atoms with van der Waals surface area (Å²) in [6, 6.07) is 7.08. The summed E-state index contributed by atoms with van der Waals surface area (Å²) < 4.78 is 5.58. The number of amides is 3. The first-order valence-electron chi connectivity index (χ1n) is 8.53. The molecule has 7 heteroatoms. The molecule has 1 saturated heterocycles. The Bertz CT molecular complexity index is 663. The number of imide groups is 1. The van der Waals surface area contributed by atoms with E-state index in [1.54, 1.807) is 0 Å². The number of nitrogens with one attached hydrogen (secondary N) is 1. The van der Waals surface area contributed by atoms with Crippen molar-refractivity contribution in [2.45, 2.75) is 44.7 Å². The molecule has 1 aromatic rings. The van der Waals surface area contributed by atoms with E-state index in [1.165, 1.54) is 4.90 Å². The minimum absolute atomic E-state index is 0.0787. The van der Waals surface area contributed by atoms with Crippen molar-refractivity contribution >= 4 is 28.8 Å². The van der Waals surface area contributed by atoms with Gasteiger partial charge < -0.3 is 10.1 Å². The van der Waals surface area contributed by atoms with Crippen molar-refractivity contribution in [2.24, 2.45) is 0 Å². The summed E-state index contributed by atoms with van der Waals surface area (Å²) in [5.41, 5.74) is 0.969. The molecule has 2 fully saturated rings. The van der Waals surface area contributed by atoms with Gasteiger partial charge in [0.2, 0.25) is 5.91 Å². The van der Waals surface area contributed by atoms with Gasteiger partial charge in [0, 0.05) is 6.04 Å². The SMILES string of the molecule is Cc1ccccc1OCC(=O)NC1CCCCC1N1C(=O)CSC1=O. The summed E-state index contributed by atoms with van der Waals surface area (Å²) in [6.07, 6.45) is 3.44. The molecule has 1 N–H and O–H groups in total. The predicted octanol–water partition coefficient (Wildman–Crippen LogP) is 2.50. The van der Waals surface area contributed by atoms with Crippen LogP contribution in [0.5, 0.6) is 5.75 Å². The first-order chi connectivity index (χ1) is 12.1. The molecule has 3 amide bonds. The van der Waals surface area contributed by atoms with E-state index in [1.807, 2.05) is 31.2 Å². The fourth-order valence-corrected chi connectivity index (χ4v) is 4.15. The van der Waals surface area contributed by atoms with Crippen molar-refractivity contribution in [2.75, 3.05) is 12.4 Å². The normalized spacial score (nSPS) is 23.6. The number of carbonyl (C=O) groups excluding carboxylic acids is 3. The van der Waals surface area contributed by atoms with Crippen LogP contribution in [-0.4, -0.2) is 46.4 Å². The standard InChI is InChI=1S/C18H22N2O4S/c1-12-6-2-5-9-15(12)24-10-16(21)19-13-7-3-4-8-14(13)20-17(22)11-25-18(20)23/h2,5-6,9,13-14H,3-4,7-8,10-11H2,1H3,(H,19,21). The van der Waals surface area contributed by atoms with Gasteiger partial charge in [-0.25, -0.2) is 0 Å². The fourth-order valence-electron chi connectivity index (χ4n) is 3.38. The van der Waals surface area contributed by atoms with E-state index in [-0.39, 0.29) is 41.5 Å². The lowest BCUT2D eigenvalue weighted by Crippen LogP contribution is -2.55. The van der Waals surface area contributed by atoms with E-state index in [0.717, 1.165) is 43.0 Å². The van der Waals surface area contributed by atoms with Gasteiger partial charge in [0.1, 0.15) is 5.75 Å². The Labute approximate surface area is 151 Å². The van der Waals surface area contributed by atoms with Crippen LogP contribution in [0.2, 0.25) is 0 Å². The van der Waals surface area contributed by atoms with Gasteiger partial charge in [0.05, 0.1) is 11.8 Å². The average Bonchev–Trinajstić information content (AvgIpc) is 2.93. The molecule has 1 aliphatic carbocycles. The van der Waals surface area contributed by atoms with Crippen molar-refractivity contribution in [3.05, 3.63) is 29.8 Å². The summed E-state index contributed by atoms with van der Waals surface area (Å²) >= 11 is 1.04. The maximum atomic E-state index is 12.3. The van der Waals surface area contributed by atoms with Crippen molar-refractivity contribution in [1.29, 1.82) is 0 Å². The molecule has 1 aromatic carbocycles. The van der Waals surface area contributed by atoms with Gasteiger partial charge >= 0.3 is 0 Å². The number of hydrogen-bond acceptors (Lipinski definition) is 5. The molecule has 0 bridgehead atoms. The Morgan fingerprint density at radius 1 is 1.28 bits per heavy atom. The van der Waals surface area contributed by atoms with Crippen LogP contribution in [0.1, 0.15) is 31.2 Å². The Hall–Kier alpha value is -2.02. The number of thioether (sulfide) groups is 1. The molecule has 2 unspecified atom stereocenters. The zero-order chi connectivity index (χ0) is 17.8. The molecule has 2 atom stereocenters. The van der Waals surface area contributed by atoms with Crippen molar-refractivity contribution in [3.63, 3.8) is 0 Å². The maximum Gasteiger partial charge on any atom is 0.289 e. The minimum atomic E-state index is -0.244. The second-order valence-electron chi connectivity index (χ2n) is 6.40. The molecule has 2 aliphatic rings. The van der Waals surface area contributed by atoms with Crippen LogP contribution in [0.4, 0.5) is 4.79 Å². The van der Waals surface area contributed by atoms with Gasteiger partial charge in [0.15, 0.2) is 6.61 Å². The van der Waals surface area contributed by atoms with Crippen LogP contribution < -0.4 is 10.1 Å². The number of nitrogens with zero attached hydrogens (tertiary/aromatic N) is 1. The highest BCUT2D eigenvalue weighted by Gasteiger charge is 2.41. The fraction of sp³-hybridized carbons (Fsp3) is 0.500. The van der Waals surface area contributed by atoms with Crippen LogP contribution in [0.3, 0.4) is 0 Å². The predicted molar refractivity (Wildman–Crippen MR) is 95.6 cm³/mol. The van der Waals surface area contributed by atoms with E-state index in [0.29, 0.717) is 5.75 Å². The molecular weight excluding hydrogens is 340 g/mol. The molecule has 0 aromatic heterocycles. The highest BCUT2D eigenvalue weighted by atomic mass is 32.2. The van der Waals surface area contributed by atoms with E-state index in [4.69, 9.17) is 4.74 Å². The molecule has 3 rings (SSSR count). The van der Waals surface area contributed by atoms with Crippen molar-refractivity contribution in [3.8, 4) is 5.75 Å². The van der Waals surface area contributed by atoms with Crippen molar-refractivity contribution in [1.82, 2.24) is 10.2 Å². The quantitative estimate of drug-likeness (QED) is 0.871. The van der Waals surface area contributed by atoms with Gasteiger partial charge in [-0.3, -0.25) is 19.3 Å². The molecule has 134 valence electrons. The summed E-state index contributed by atoms with van der Waals surface area (Å²) in [6.45, 7) is 1.84. The maximum absolute atomic E-state index is 12.3. The Balaban J connectivity index is 1.59. The largest absolute Gasteiger partial charge is 0.484 e. The molecule has 0 radical (unpaired) electrons. The number of aryl methyl sites for hydroxylation is 1. The van der Waals surface area contributed by atoms with Gasteiger partial charge in [-0.2, -0.15) is 0 Å². The molecular formula is C18H22N2O4S. The number of carbonyl (C=O) groups is 3. The van der Waals surface area contributed by atoms with Crippen LogP contribution in [0.25, 0.3) is 0 Å². The van der Waals surface area contributed by atoms with Crippen LogP contribution in [-0.2, 0) is 9.59 Å². The smallest absolute Gasteiger partial charge is 0.289 e. The number of para-hydroxylation sites is 1. The van der Waals surface area contributed by atoms with Gasteiger partial charge in [-0.15, -0.1) is 0 Å². The third-order valence-electron chi connectivity index (χ3n) is 4.64. The third kappa shape index (κ3) is 4.15. The number of rotatable bonds is 5. The zero-order valence-corrected chi connectivity index (χ0v) is 15.0. The summed E-state index contributed by atoms with van der Waals surface area (Å²) in [7, 11) is 0. The molecule has 1 heterocycles. The second kappa shape index (κ2) is 7.91. The topological polar surface area (TPSA) is 75.7 Å². The van der Waals surface area contributed by atoms with Crippen LogP contribution in [0.15, 0.2) is 24.3 Å². The number of hydrogen-bond donors (Lipinski definition) is 1. The second-order valence-corrected chi connectivity index (χ2v) is 7.32. The van der Waals surface area contributed by atoms with Gasteiger partial charge in [0.25, 0.3) is 11.1 Å². The minimum Gasteiger partial charge on any atom is -0.484 e. The molecule has 6 nitrogen and oxygen atoms in total. The van der Waals surface area contributed by atoms with E-state index in [2.05, 4.69) is 5.32 Å². The monoisotopic (exact) mass is 362 g/mol. The summed E-state index contributed by atoms with van der Waals surface area (Å²) in [5, 5.41) is 2.76. The first kappa shape index (κ1) is 17.8. The summed E-state index contributed by atoms with van der Waals surface area (Å²) in [5.74, 6) is 0.496. The van der Waals surface area contributed by atoms with E-state index in [9.17, 15) is 14.4 Å². The highest BCUT2D eigenvalue weighted by molar-refractivity contribution is 8.14. The Morgan fingerprint density at radius 3 is 2.76 bits per heavy atom. The Morgan fingerprint density at radius 2 is 2.04 bits per heavy atom. The van der Waals surface area contributed by atoms with Gasteiger partial charge in [-0.1, -0.05) is 42.8 Å². The average molecular weight is 362 g/mol. The lowest BCUT2D eigenvalue weighted by Gasteiger charge is -2.36. The summed E-state index contributed by atoms with van der Waals surface area (Å²) in [4.78, 5) is 37.6. The molecule has 0 spiro atoms. The number of ether oxygens (including phenoxy) is 1. The van der Waals surface area contributed by atoms with Gasteiger partial charge in [-0.05, 0) is 31.4 Å². The lowest BCUT2D eigenvalue weighted by molar-refractivity contribution is -0.129. The molecule has 25 heavy (non-hydrogen) atoms. The molecule has 1 aliphatic heterocycles. The van der Waals surface area contributed by atoms with Crippen LogP contribution >= 0.6 is 11.8 Å². The van der Waals surface area contributed by atoms with Crippen molar-refractivity contribution < 1.29 is 19.1 Å². The van der Waals surface area contributed by atoms with E-state index < -0.39 is 0 Å². The third-order valence-corrected chi connectivity index (χ3v) is 5.48.